The molecule has 0 saturated carbocycles. The minimum absolute atomic E-state index is 0.115. The molecule has 0 bridgehead atoms. The molecule has 0 unspecified atom stereocenters. The molecule has 122 valence electrons. The Bertz CT molecular complexity index is 891. The van der Waals surface area contributed by atoms with E-state index in [1.165, 1.54) is 0 Å². The van der Waals surface area contributed by atoms with Crippen LogP contribution in [0, 0.1) is 3.57 Å². The van der Waals surface area contributed by atoms with Crippen molar-refractivity contribution in [2.45, 2.75) is 6.92 Å². The van der Waals surface area contributed by atoms with Gasteiger partial charge >= 0.3 is 5.97 Å². The minimum Gasteiger partial charge on any atom is -0.460 e. The highest BCUT2D eigenvalue weighted by Crippen LogP contribution is 2.32. The average Bonchev–Trinajstić information content (AvgIpc) is 3.01. The van der Waals surface area contributed by atoms with Crippen LogP contribution in [0.2, 0.25) is 0 Å². The van der Waals surface area contributed by atoms with Crippen LogP contribution in [0.3, 0.4) is 0 Å². The summed E-state index contributed by atoms with van der Waals surface area (Å²) in [7, 11) is 0. The van der Waals surface area contributed by atoms with E-state index in [9.17, 15) is 4.79 Å². The number of nitrogens with zero attached hydrogens (tertiary/aromatic N) is 1. The van der Waals surface area contributed by atoms with E-state index in [4.69, 9.17) is 9.15 Å². The van der Waals surface area contributed by atoms with Gasteiger partial charge in [0.15, 0.2) is 0 Å². The Morgan fingerprint density at radius 1 is 1.25 bits per heavy atom. The second kappa shape index (κ2) is 7.48. The van der Waals surface area contributed by atoms with Crippen LogP contribution in [0.25, 0.3) is 22.7 Å². The Labute approximate surface area is 161 Å². The highest BCUT2D eigenvalue weighted by atomic mass is 127. The second-order valence-electron chi connectivity index (χ2n) is 4.91. The molecule has 0 N–H and O–H groups in total. The van der Waals surface area contributed by atoms with Crippen molar-refractivity contribution >= 4 is 44.5 Å². The van der Waals surface area contributed by atoms with Crippen LogP contribution in [-0.2, 0) is 4.74 Å². The monoisotopic (exact) mass is 497 g/mol. The first-order valence-electron chi connectivity index (χ1n) is 7.29. The van der Waals surface area contributed by atoms with Crippen molar-refractivity contribution in [3.05, 3.63) is 62.3 Å². The van der Waals surface area contributed by atoms with Crippen molar-refractivity contribution in [1.82, 2.24) is 4.98 Å². The first-order chi connectivity index (χ1) is 11.6. The SMILES string of the molecule is CCOC(=O)c1oc(-c2ccccc2I)nc1-c1cccc(Br)c1. The number of esters is 1. The maximum Gasteiger partial charge on any atom is 0.376 e. The third kappa shape index (κ3) is 3.54. The molecule has 0 spiro atoms. The van der Waals surface area contributed by atoms with Crippen molar-refractivity contribution in [1.29, 1.82) is 0 Å². The summed E-state index contributed by atoms with van der Waals surface area (Å²) in [6, 6.07) is 15.3. The molecule has 0 atom stereocenters. The fourth-order valence-electron chi connectivity index (χ4n) is 2.24. The van der Waals surface area contributed by atoms with Gasteiger partial charge in [0.1, 0.15) is 5.69 Å². The molecule has 6 heteroatoms. The maximum atomic E-state index is 12.3. The van der Waals surface area contributed by atoms with Gasteiger partial charge in [-0.25, -0.2) is 9.78 Å². The molecule has 2 aromatic carbocycles. The van der Waals surface area contributed by atoms with E-state index in [2.05, 4.69) is 43.5 Å². The lowest BCUT2D eigenvalue weighted by molar-refractivity contribution is 0.0492. The molecule has 3 aromatic rings. The molecule has 1 aromatic heterocycles. The number of aromatic nitrogens is 1. The first-order valence-corrected chi connectivity index (χ1v) is 9.16. The molecule has 0 saturated heterocycles. The zero-order valence-electron chi connectivity index (χ0n) is 12.8. The molecular weight excluding hydrogens is 485 g/mol. The molecule has 0 radical (unpaired) electrons. The molecule has 3 rings (SSSR count). The van der Waals surface area contributed by atoms with Gasteiger partial charge in [-0.15, -0.1) is 0 Å². The molecule has 24 heavy (non-hydrogen) atoms. The number of halogens is 2. The highest BCUT2D eigenvalue weighted by Gasteiger charge is 2.24. The summed E-state index contributed by atoms with van der Waals surface area (Å²) in [5.74, 6) is -0.000188. The van der Waals surface area contributed by atoms with Crippen molar-refractivity contribution in [2.24, 2.45) is 0 Å². The van der Waals surface area contributed by atoms with Crippen LogP contribution in [0.4, 0.5) is 0 Å². The van der Waals surface area contributed by atoms with Gasteiger partial charge < -0.3 is 9.15 Å². The van der Waals surface area contributed by atoms with Gasteiger partial charge in [0, 0.05) is 13.6 Å². The summed E-state index contributed by atoms with van der Waals surface area (Å²) >= 11 is 5.65. The second-order valence-corrected chi connectivity index (χ2v) is 6.99. The number of benzene rings is 2. The van der Waals surface area contributed by atoms with Gasteiger partial charge in [0.2, 0.25) is 11.7 Å². The fraction of sp³-hybridized carbons (Fsp3) is 0.111. The largest absolute Gasteiger partial charge is 0.460 e. The van der Waals surface area contributed by atoms with Crippen molar-refractivity contribution in [3.63, 3.8) is 0 Å². The lowest BCUT2D eigenvalue weighted by Crippen LogP contribution is -2.04. The van der Waals surface area contributed by atoms with Crippen LogP contribution in [0.1, 0.15) is 17.5 Å². The maximum absolute atomic E-state index is 12.3. The van der Waals surface area contributed by atoms with Crippen LogP contribution < -0.4 is 0 Å². The highest BCUT2D eigenvalue weighted by molar-refractivity contribution is 14.1. The Morgan fingerprint density at radius 3 is 2.75 bits per heavy atom. The van der Waals surface area contributed by atoms with Gasteiger partial charge in [-0.1, -0.05) is 40.2 Å². The van der Waals surface area contributed by atoms with Crippen molar-refractivity contribution < 1.29 is 13.9 Å². The van der Waals surface area contributed by atoms with Crippen LogP contribution >= 0.6 is 38.5 Å². The third-order valence-corrected chi connectivity index (χ3v) is 4.72. The van der Waals surface area contributed by atoms with Gasteiger partial charge in [-0.3, -0.25) is 0 Å². The van der Waals surface area contributed by atoms with Gasteiger partial charge in [-0.05, 0) is 53.8 Å². The predicted molar refractivity (Wildman–Crippen MR) is 104 cm³/mol. The van der Waals surface area contributed by atoms with E-state index in [0.717, 1.165) is 19.2 Å². The molecule has 0 aliphatic carbocycles. The summed E-state index contributed by atoms with van der Waals surface area (Å²) in [5.41, 5.74) is 2.10. The molecular formula is C18H13BrINO3. The summed E-state index contributed by atoms with van der Waals surface area (Å²) in [4.78, 5) is 16.8. The smallest absolute Gasteiger partial charge is 0.376 e. The van der Waals surface area contributed by atoms with Crippen LogP contribution in [-0.4, -0.2) is 17.6 Å². The Hall–Kier alpha value is -1.67. The lowest BCUT2D eigenvalue weighted by Gasteiger charge is -2.01. The molecule has 1 heterocycles. The van der Waals surface area contributed by atoms with E-state index in [1.807, 2.05) is 48.5 Å². The first kappa shape index (κ1) is 17.2. The van der Waals surface area contributed by atoms with Crippen LogP contribution in [0.15, 0.2) is 57.4 Å². The molecule has 0 amide bonds. The number of hydrogen-bond donors (Lipinski definition) is 0. The molecule has 4 nitrogen and oxygen atoms in total. The van der Waals surface area contributed by atoms with Crippen molar-refractivity contribution in [2.75, 3.05) is 6.61 Å². The van der Waals surface area contributed by atoms with Crippen molar-refractivity contribution in [3.8, 4) is 22.7 Å². The summed E-state index contributed by atoms with van der Waals surface area (Å²) in [6.45, 7) is 2.03. The van der Waals surface area contributed by atoms with E-state index < -0.39 is 5.97 Å². The molecule has 0 aliphatic rings. The van der Waals surface area contributed by atoms with Gasteiger partial charge in [0.25, 0.3) is 0 Å². The standard InChI is InChI=1S/C18H13BrINO3/c1-2-23-18(22)16-15(11-6-5-7-12(19)10-11)21-17(24-16)13-8-3-4-9-14(13)20/h3-10H,2H2,1H3. The number of oxazole rings is 1. The number of hydrogen-bond acceptors (Lipinski definition) is 4. The zero-order valence-corrected chi connectivity index (χ0v) is 16.5. The third-order valence-electron chi connectivity index (χ3n) is 3.29. The summed E-state index contributed by atoms with van der Waals surface area (Å²) in [6.07, 6.45) is 0. The Balaban J connectivity index is 2.16. The normalized spacial score (nSPS) is 10.6. The van der Waals surface area contributed by atoms with E-state index in [-0.39, 0.29) is 12.4 Å². The zero-order chi connectivity index (χ0) is 17.1. The number of rotatable bonds is 4. The predicted octanol–water partition coefficient (Wildman–Crippen LogP) is 5.55. The molecule has 0 aliphatic heterocycles. The summed E-state index contributed by atoms with van der Waals surface area (Å²) in [5, 5.41) is 0. The quantitative estimate of drug-likeness (QED) is 0.350. The van der Waals surface area contributed by atoms with E-state index in [1.54, 1.807) is 6.92 Å². The fourth-order valence-corrected chi connectivity index (χ4v) is 3.25. The van der Waals surface area contributed by atoms with E-state index in [0.29, 0.717) is 11.6 Å². The van der Waals surface area contributed by atoms with Crippen LogP contribution in [0.5, 0.6) is 0 Å². The average molecular weight is 498 g/mol. The van der Waals surface area contributed by atoms with Gasteiger partial charge in [0.05, 0.1) is 12.2 Å². The molecule has 0 fully saturated rings. The lowest BCUT2D eigenvalue weighted by atomic mass is 10.1. The van der Waals surface area contributed by atoms with Gasteiger partial charge in [-0.2, -0.15) is 0 Å². The number of ether oxygens (including phenoxy) is 1. The topological polar surface area (TPSA) is 52.3 Å². The Morgan fingerprint density at radius 2 is 2.04 bits per heavy atom. The summed E-state index contributed by atoms with van der Waals surface area (Å²) < 4.78 is 12.8. The minimum atomic E-state index is -0.517. The van der Waals surface area contributed by atoms with E-state index >= 15 is 0 Å². The Kier molecular flexibility index (Phi) is 5.35. The number of carbonyl (C=O) groups is 1. The number of carbonyl (C=O) groups excluding carboxylic acids is 1.